The number of hydrogen-bond donors (Lipinski definition) is 0. The van der Waals surface area contributed by atoms with E-state index in [-0.39, 0.29) is 18.2 Å². The third kappa shape index (κ3) is 2.80. The Morgan fingerprint density at radius 1 is 1.04 bits per heavy atom. The second-order valence-corrected chi connectivity index (χ2v) is 5.56. The highest BCUT2D eigenvalue weighted by molar-refractivity contribution is 6.22. The minimum Gasteiger partial charge on any atom is -0.469 e. The third-order valence-electron chi connectivity index (χ3n) is 3.97. The lowest BCUT2D eigenvalue weighted by Crippen LogP contribution is -2.03. The van der Waals surface area contributed by atoms with Crippen molar-refractivity contribution in [1.29, 1.82) is 0 Å². The van der Waals surface area contributed by atoms with Gasteiger partial charge in [-0.05, 0) is 29.7 Å². The number of carbonyl (C=O) groups excluding carboxylic acids is 3. The molecule has 5 nitrogen and oxygen atoms in total. The van der Waals surface area contributed by atoms with Gasteiger partial charge < -0.3 is 9.47 Å². The Morgan fingerprint density at radius 2 is 1.83 bits per heavy atom. The molecule has 0 amide bonds. The van der Waals surface area contributed by atoms with E-state index in [1.54, 1.807) is 24.3 Å². The maximum Gasteiger partial charge on any atom is 0.308 e. The van der Waals surface area contributed by atoms with Gasteiger partial charge in [0, 0.05) is 30.0 Å². The average molecular weight is 324 g/mol. The second kappa shape index (κ2) is 6.28. The zero-order valence-electron chi connectivity index (χ0n) is 13.4. The summed E-state index contributed by atoms with van der Waals surface area (Å²) in [4.78, 5) is 35.2. The number of methoxy groups -OCH3 is 1. The van der Waals surface area contributed by atoms with Crippen LogP contribution in [0.4, 0.5) is 0 Å². The SMILES string of the molecule is COC(=O)CCc1ccc2c(c1)C(=O)c1cccc(OC(C)=O)c1-2. The number of esters is 2. The molecule has 0 saturated heterocycles. The van der Waals surface area contributed by atoms with Crippen LogP contribution in [0.2, 0.25) is 0 Å². The molecule has 0 radical (unpaired) electrons. The highest BCUT2D eigenvalue weighted by Gasteiger charge is 2.30. The van der Waals surface area contributed by atoms with E-state index in [0.717, 1.165) is 11.1 Å². The van der Waals surface area contributed by atoms with Crippen LogP contribution in [-0.2, 0) is 20.7 Å². The van der Waals surface area contributed by atoms with Crippen LogP contribution in [0, 0.1) is 0 Å². The van der Waals surface area contributed by atoms with Gasteiger partial charge in [-0.1, -0.05) is 24.3 Å². The van der Waals surface area contributed by atoms with E-state index in [2.05, 4.69) is 4.74 Å². The van der Waals surface area contributed by atoms with Gasteiger partial charge in [-0.2, -0.15) is 0 Å². The van der Waals surface area contributed by atoms with Crippen LogP contribution in [0.5, 0.6) is 5.75 Å². The van der Waals surface area contributed by atoms with Gasteiger partial charge in [0.15, 0.2) is 5.78 Å². The standard InChI is InChI=1S/C19H16O5/c1-11(20)24-16-5-3-4-14-18(16)13-8-6-12(7-9-17(21)23-2)10-15(13)19(14)22/h3-6,8,10H,7,9H2,1-2H3. The zero-order chi connectivity index (χ0) is 17.3. The second-order valence-electron chi connectivity index (χ2n) is 5.56. The van der Waals surface area contributed by atoms with Crippen LogP contribution < -0.4 is 4.74 Å². The normalized spacial score (nSPS) is 11.7. The van der Waals surface area contributed by atoms with Crippen molar-refractivity contribution >= 4 is 17.7 Å². The van der Waals surface area contributed by atoms with Crippen molar-refractivity contribution in [1.82, 2.24) is 0 Å². The number of carbonyl (C=O) groups is 3. The van der Waals surface area contributed by atoms with Crippen molar-refractivity contribution in [2.75, 3.05) is 7.11 Å². The Bertz CT molecular complexity index is 851. The third-order valence-corrected chi connectivity index (χ3v) is 3.97. The van der Waals surface area contributed by atoms with Crippen LogP contribution in [0.25, 0.3) is 11.1 Å². The topological polar surface area (TPSA) is 69.7 Å². The Labute approximate surface area is 139 Å². The molecular formula is C19H16O5. The van der Waals surface area contributed by atoms with E-state index in [4.69, 9.17) is 4.74 Å². The molecule has 0 N–H and O–H groups in total. The first kappa shape index (κ1) is 15.9. The van der Waals surface area contributed by atoms with E-state index in [1.807, 2.05) is 12.1 Å². The Hall–Kier alpha value is -2.95. The Morgan fingerprint density at radius 3 is 2.54 bits per heavy atom. The predicted octanol–water partition coefficient (Wildman–Crippen LogP) is 2.93. The zero-order valence-corrected chi connectivity index (χ0v) is 13.4. The van der Waals surface area contributed by atoms with Gasteiger partial charge in [-0.15, -0.1) is 0 Å². The number of rotatable bonds is 4. The van der Waals surface area contributed by atoms with Crippen LogP contribution in [0.1, 0.15) is 34.8 Å². The molecule has 2 aromatic rings. The monoisotopic (exact) mass is 324 g/mol. The lowest BCUT2D eigenvalue weighted by atomic mass is 10.0. The molecule has 5 heteroatoms. The first-order chi connectivity index (χ1) is 11.5. The fraction of sp³-hybridized carbons (Fsp3) is 0.211. The van der Waals surface area contributed by atoms with Crippen molar-refractivity contribution < 1.29 is 23.9 Å². The minimum atomic E-state index is -0.431. The molecule has 0 spiro atoms. The highest BCUT2D eigenvalue weighted by atomic mass is 16.5. The fourth-order valence-electron chi connectivity index (χ4n) is 2.88. The van der Waals surface area contributed by atoms with Gasteiger partial charge in [-0.3, -0.25) is 14.4 Å². The molecule has 0 bridgehead atoms. The molecule has 0 aliphatic heterocycles. The van der Waals surface area contributed by atoms with Crippen molar-refractivity contribution in [3.63, 3.8) is 0 Å². The quantitative estimate of drug-likeness (QED) is 0.545. The minimum absolute atomic E-state index is 0.103. The maximum atomic E-state index is 12.6. The van der Waals surface area contributed by atoms with Crippen molar-refractivity contribution in [2.45, 2.75) is 19.8 Å². The summed E-state index contributed by atoms with van der Waals surface area (Å²) in [5, 5.41) is 0. The molecule has 3 rings (SSSR count). The van der Waals surface area contributed by atoms with Crippen LogP contribution in [0.15, 0.2) is 36.4 Å². The molecule has 0 saturated carbocycles. The number of ketones is 1. The average Bonchev–Trinajstić information content (AvgIpc) is 2.86. The smallest absolute Gasteiger partial charge is 0.308 e. The molecule has 2 aromatic carbocycles. The van der Waals surface area contributed by atoms with E-state index in [1.165, 1.54) is 14.0 Å². The summed E-state index contributed by atoms with van der Waals surface area (Å²) in [5.74, 6) is -0.440. The van der Waals surface area contributed by atoms with Crippen LogP contribution in [0.3, 0.4) is 0 Å². The molecule has 0 atom stereocenters. The maximum absolute atomic E-state index is 12.6. The molecule has 122 valence electrons. The number of ether oxygens (including phenoxy) is 2. The molecule has 0 heterocycles. The van der Waals surface area contributed by atoms with Gasteiger partial charge in [0.05, 0.1) is 7.11 Å². The highest BCUT2D eigenvalue weighted by Crippen LogP contribution is 2.42. The van der Waals surface area contributed by atoms with Crippen LogP contribution >= 0.6 is 0 Å². The molecule has 24 heavy (non-hydrogen) atoms. The van der Waals surface area contributed by atoms with Crippen LogP contribution in [-0.4, -0.2) is 24.8 Å². The summed E-state index contributed by atoms with van der Waals surface area (Å²) in [6, 6.07) is 10.6. The molecule has 0 aromatic heterocycles. The van der Waals surface area contributed by atoms with Gasteiger partial charge >= 0.3 is 11.9 Å². The number of fused-ring (bicyclic) bond motifs is 3. The lowest BCUT2D eigenvalue weighted by Gasteiger charge is -2.08. The number of aryl methyl sites for hydroxylation is 1. The molecule has 1 aliphatic carbocycles. The largest absolute Gasteiger partial charge is 0.469 e. The van der Waals surface area contributed by atoms with Gasteiger partial charge in [0.1, 0.15) is 5.75 Å². The van der Waals surface area contributed by atoms with Crippen molar-refractivity contribution in [3.8, 4) is 16.9 Å². The summed E-state index contributed by atoms with van der Waals surface area (Å²) in [5.41, 5.74) is 3.36. The molecular weight excluding hydrogens is 308 g/mol. The van der Waals surface area contributed by atoms with E-state index >= 15 is 0 Å². The fourth-order valence-corrected chi connectivity index (χ4v) is 2.88. The van der Waals surface area contributed by atoms with Crippen molar-refractivity contribution in [2.24, 2.45) is 0 Å². The summed E-state index contributed by atoms with van der Waals surface area (Å²) >= 11 is 0. The van der Waals surface area contributed by atoms with Gasteiger partial charge in [0.2, 0.25) is 0 Å². The number of hydrogen-bond acceptors (Lipinski definition) is 5. The summed E-state index contributed by atoms with van der Waals surface area (Å²) in [6.07, 6.45) is 0.759. The molecule has 0 unspecified atom stereocenters. The molecule has 0 fully saturated rings. The van der Waals surface area contributed by atoms with Crippen molar-refractivity contribution in [3.05, 3.63) is 53.1 Å². The first-order valence-corrected chi connectivity index (χ1v) is 7.57. The Kier molecular flexibility index (Phi) is 4.16. The van der Waals surface area contributed by atoms with Gasteiger partial charge in [0.25, 0.3) is 0 Å². The summed E-state index contributed by atoms with van der Waals surface area (Å²) in [7, 11) is 1.35. The molecule has 1 aliphatic rings. The lowest BCUT2D eigenvalue weighted by molar-refractivity contribution is -0.140. The van der Waals surface area contributed by atoms with E-state index < -0.39 is 5.97 Å². The summed E-state index contributed by atoms with van der Waals surface area (Å²) in [6.45, 7) is 1.33. The first-order valence-electron chi connectivity index (χ1n) is 7.57. The van der Waals surface area contributed by atoms with E-state index in [0.29, 0.717) is 28.9 Å². The van der Waals surface area contributed by atoms with E-state index in [9.17, 15) is 14.4 Å². The Balaban J connectivity index is 1.99. The van der Waals surface area contributed by atoms with Gasteiger partial charge in [-0.25, -0.2) is 0 Å². The number of benzene rings is 2. The predicted molar refractivity (Wildman–Crippen MR) is 87.0 cm³/mol. The summed E-state index contributed by atoms with van der Waals surface area (Å²) < 4.78 is 9.87.